The molecule has 0 spiro atoms. The molecule has 0 aliphatic rings. The zero-order valence-electron chi connectivity index (χ0n) is 15.8. The van der Waals surface area contributed by atoms with Crippen molar-refractivity contribution < 1.29 is 18.7 Å². The van der Waals surface area contributed by atoms with Crippen LogP contribution in [0.5, 0.6) is 5.75 Å². The van der Waals surface area contributed by atoms with Gasteiger partial charge in [-0.25, -0.2) is 14.4 Å². The van der Waals surface area contributed by atoms with Gasteiger partial charge in [-0.3, -0.25) is 9.48 Å². The summed E-state index contributed by atoms with van der Waals surface area (Å²) in [6.45, 7) is 3.92. The quantitative estimate of drug-likeness (QED) is 0.625. The largest absolute Gasteiger partial charge is 0.494 e. The summed E-state index contributed by atoms with van der Waals surface area (Å²) in [5, 5.41) is 7.13. The summed E-state index contributed by atoms with van der Waals surface area (Å²) < 4.78 is 25.3. The lowest BCUT2D eigenvalue weighted by molar-refractivity contribution is -0.144. The topological polar surface area (TPSA) is 91.2 Å². The number of nitrogens with zero attached hydrogens (tertiary/aromatic N) is 4. The highest BCUT2D eigenvalue weighted by molar-refractivity contribution is 5.69. The van der Waals surface area contributed by atoms with E-state index in [-0.39, 0.29) is 18.3 Å². The predicted molar refractivity (Wildman–Crippen MR) is 101 cm³/mol. The van der Waals surface area contributed by atoms with Crippen LogP contribution >= 0.6 is 0 Å². The summed E-state index contributed by atoms with van der Waals surface area (Å²) in [6, 6.07) is 4.66. The third-order valence-electron chi connectivity index (χ3n) is 3.88. The van der Waals surface area contributed by atoms with Crippen LogP contribution in [0.3, 0.4) is 0 Å². The van der Waals surface area contributed by atoms with Crippen LogP contribution in [-0.4, -0.2) is 39.4 Å². The van der Waals surface area contributed by atoms with Crippen molar-refractivity contribution in [3.8, 4) is 17.0 Å². The van der Waals surface area contributed by atoms with Crippen molar-refractivity contribution >= 4 is 17.6 Å². The van der Waals surface area contributed by atoms with Gasteiger partial charge in [0, 0.05) is 18.0 Å². The molecule has 0 fully saturated rings. The van der Waals surface area contributed by atoms with Crippen molar-refractivity contribution in [2.24, 2.45) is 0 Å². The average Bonchev–Trinajstić information content (AvgIpc) is 3.10. The Morgan fingerprint density at radius 2 is 2.14 bits per heavy atom. The predicted octanol–water partition coefficient (Wildman–Crippen LogP) is 3.10. The third kappa shape index (κ3) is 4.43. The molecule has 0 amide bonds. The van der Waals surface area contributed by atoms with Gasteiger partial charge in [0.2, 0.25) is 5.95 Å². The van der Waals surface area contributed by atoms with Gasteiger partial charge in [-0.15, -0.1) is 0 Å². The summed E-state index contributed by atoms with van der Waals surface area (Å²) in [4.78, 5) is 20.2. The fraction of sp³-hybridized carbons (Fsp3) is 0.263. The Kier molecular flexibility index (Phi) is 5.83. The van der Waals surface area contributed by atoms with E-state index in [2.05, 4.69) is 20.4 Å². The first-order valence-electron chi connectivity index (χ1n) is 8.62. The molecule has 0 aliphatic carbocycles. The lowest BCUT2D eigenvalue weighted by Gasteiger charge is -2.09. The Balaban J connectivity index is 1.79. The lowest BCUT2D eigenvalue weighted by atomic mass is 10.1. The second-order valence-electron chi connectivity index (χ2n) is 5.93. The zero-order valence-corrected chi connectivity index (χ0v) is 15.8. The molecule has 1 aromatic carbocycles. The highest BCUT2D eigenvalue weighted by Gasteiger charge is 2.11. The van der Waals surface area contributed by atoms with Crippen molar-refractivity contribution in [1.29, 1.82) is 0 Å². The normalized spacial score (nSPS) is 10.6. The smallest absolute Gasteiger partial charge is 0.327 e. The van der Waals surface area contributed by atoms with Crippen LogP contribution in [0.1, 0.15) is 12.5 Å². The molecule has 0 bridgehead atoms. The molecule has 0 unspecified atom stereocenters. The van der Waals surface area contributed by atoms with E-state index in [1.165, 1.54) is 17.9 Å². The zero-order chi connectivity index (χ0) is 20.1. The number of anilines is 2. The fourth-order valence-electron chi connectivity index (χ4n) is 2.59. The van der Waals surface area contributed by atoms with Crippen LogP contribution in [0.4, 0.5) is 16.0 Å². The van der Waals surface area contributed by atoms with Crippen LogP contribution in [0.25, 0.3) is 11.3 Å². The molecule has 2 heterocycles. The van der Waals surface area contributed by atoms with E-state index in [0.29, 0.717) is 29.5 Å². The monoisotopic (exact) mass is 385 g/mol. The van der Waals surface area contributed by atoms with Crippen LogP contribution in [0, 0.1) is 12.7 Å². The van der Waals surface area contributed by atoms with Crippen LogP contribution in [0.2, 0.25) is 0 Å². The number of rotatable bonds is 7. The van der Waals surface area contributed by atoms with Gasteiger partial charge in [-0.1, -0.05) is 0 Å². The van der Waals surface area contributed by atoms with Crippen LogP contribution < -0.4 is 10.1 Å². The molecule has 146 valence electrons. The maximum atomic E-state index is 14.0. The van der Waals surface area contributed by atoms with Crippen molar-refractivity contribution in [3.05, 3.63) is 48.2 Å². The summed E-state index contributed by atoms with van der Waals surface area (Å²) in [5.41, 5.74) is 2.62. The molecule has 0 saturated heterocycles. The minimum absolute atomic E-state index is 0.0145. The summed E-state index contributed by atoms with van der Waals surface area (Å²) in [5.74, 6) is -0.337. The maximum Gasteiger partial charge on any atom is 0.327 e. The SMILES string of the molecule is CCOC(=O)Cn1cc(Nc2ncc(C)c(-c3ccc(OC)c(F)c3)n2)cn1. The van der Waals surface area contributed by atoms with E-state index in [1.807, 2.05) is 6.92 Å². The number of esters is 1. The van der Waals surface area contributed by atoms with Crippen molar-refractivity contribution in [2.45, 2.75) is 20.4 Å². The number of ether oxygens (including phenoxy) is 2. The summed E-state index contributed by atoms with van der Waals surface area (Å²) in [6.07, 6.45) is 4.85. The minimum Gasteiger partial charge on any atom is -0.494 e. The number of halogens is 1. The first kappa shape index (κ1) is 19.3. The van der Waals surface area contributed by atoms with E-state index in [9.17, 15) is 9.18 Å². The molecule has 0 radical (unpaired) electrons. The molecule has 28 heavy (non-hydrogen) atoms. The maximum absolute atomic E-state index is 14.0. The Hall–Kier alpha value is -3.49. The van der Waals surface area contributed by atoms with Gasteiger partial charge < -0.3 is 14.8 Å². The van der Waals surface area contributed by atoms with Gasteiger partial charge in [-0.2, -0.15) is 5.10 Å². The fourth-order valence-corrected chi connectivity index (χ4v) is 2.59. The first-order valence-corrected chi connectivity index (χ1v) is 8.62. The van der Waals surface area contributed by atoms with Gasteiger partial charge >= 0.3 is 5.97 Å². The van der Waals surface area contributed by atoms with E-state index in [1.54, 1.807) is 37.6 Å². The van der Waals surface area contributed by atoms with Crippen LogP contribution in [0.15, 0.2) is 36.8 Å². The molecule has 2 aromatic heterocycles. The number of hydrogen-bond donors (Lipinski definition) is 1. The highest BCUT2D eigenvalue weighted by atomic mass is 19.1. The second-order valence-corrected chi connectivity index (χ2v) is 5.93. The number of carbonyl (C=O) groups excluding carboxylic acids is 1. The molecule has 8 nitrogen and oxygen atoms in total. The van der Waals surface area contributed by atoms with E-state index >= 15 is 0 Å². The lowest BCUT2D eigenvalue weighted by Crippen LogP contribution is -2.13. The minimum atomic E-state index is -0.465. The molecule has 0 atom stereocenters. The van der Waals surface area contributed by atoms with Crippen molar-refractivity contribution in [1.82, 2.24) is 19.7 Å². The van der Waals surface area contributed by atoms with Crippen molar-refractivity contribution in [2.75, 3.05) is 19.0 Å². The number of benzene rings is 1. The van der Waals surface area contributed by atoms with E-state index in [0.717, 1.165) is 5.56 Å². The highest BCUT2D eigenvalue weighted by Crippen LogP contribution is 2.27. The van der Waals surface area contributed by atoms with Crippen LogP contribution in [-0.2, 0) is 16.1 Å². The third-order valence-corrected chi connectivity index (χ3v) is 3.88. The molecule has 3 rings (SSSR count). The molecule has 9 heteroatoms. The summed E-state index contributed by atoms with van der Waals surface area (Å²) >= 11 is 0. The van der Waals surface area contributed by atoms with Gasteiger partial charge in [0.1, 0.15) is 6.54 Å². The Morgan fingerprint density at radius 1 is 1.32 bits per heavy atom. The number of aryl methyl sites for hydroxylation is 1. The van der Waals surface area contributed by atoms with E-state index in [4.69, 9.17) is 9.47 Å². The van der Waals surface area contributed by atoms with Gasteiger partial charge in [-0.05, 0) is 37.6 Å². The molecule has 3 aromatic rings. The second kappa shape index (κ2) is 8.47. The standard InChI is InChI=1S/C19H20FN5O3/c1-4-28-17(26)11-25-10-14(9-22-25)23-19-21-8-12(2)18(24-19)13-5-6-16(27-3)15(20)7-13/h5-10H,4,11H2,1-3H3,(H,21,23,24). The summed E-state index contributed by atoms with van der Waals surface area (Å²) in [7, 11) is 1.41. The van der Waals surface area contributed by atoms with Gasteiger partial charge in [0.25, 0.3) is 0 Å². The van der Waals surface area contributed by atoms with Gasteiger partial charge in [0.05, 0.1) is 31.3 Å². The molecule has 0 saturated carbocycles. The average molecular weight is 385 g/mol. The van der Waals surface area contributed by atoms with Crippen molar-refractivity contribution in [3.63, 3.8) is 0 Å². The first-order chi connectivity index (χ1) is 13.5. The van der Waals surface area contributed by atoms with E-state index < -0.39 is 5.82 Å². The number of carbonyl (C=O) groups is 1. The molecule has 1 N–H and O–H groups in total. The number of methoxy groups -OCH3 is 1. The Bertz CT molecular complexity index is 989. The molecular weight excluding hydrogens is 365 g/mol. The van der Waals surface area contributed by atoms with Gasteiger partial charge in [0.15, 0.2) is 11.6 Å². The molecular formula is C19H20FN5O3. The molecule has 0 aliphatic heterocycles. The Morgan fingerprint density at radius 3 is 2.86 bits per heavy atom. The number of aromatic nitrogens is 4. The number of nitrogens with one attached hydrogen (secondary N) is 1. The number of hydrogen-bond acceptors (Lipinski definition) is 7. The Labute approximate surface area is 161 Å².